The molecule has 1 saturated carbocycles. The van der Waals surface area contributed by atoms with Crippen molar-refractivity contribution in [3.8, 4) is 0 Å². The Morgan fingerprint density at radius 2 is 1.83 bits per heavy atom. The summed E-state index contributed by atoms with van der Waals surface area (Å²) < 4.78 is 4.50. The third-order valence-corrected chi connectivity index (χ3v) is 3.37. The molecule has 0 heterocycles. The normalized spacial score (nSPS) is 28.5. The standard InChI is InChI=1S/C12H19NO5/c1-6-4-8(9(5-6)11(15)16)10(14)13-7(2)12(17)18-3/h6-9H,4-5H2,1-3H3,(H,13,14)(H,15,16)/t6?,7-,8-,9+/m0/s1. The van der Waals surface area contributed by atoms with Crippen molar-refractivity contribution in [3.63, 3.8) is 0 Å². The van der Waals surface area contributed by atoms with Gasteiger partial charge in [0.05, 0.1) is 18.9 Å². The summed E-state index contributed by atoms with van der Waals surface area (Å²) in [7, 11) is 1.24. The predicted molar refractivity (Wildman–Crippen MR) is 62.6 cm³/mol. The van der Waals surface area contributed by atoms with E-state index in [1.165, 1.54) is 14.0 Å². The third kappa shape index (κ3) is 3.21. The molecule has 6 heteroatoms. The summed E-state index contributed by atoms with van der Waals surface area (Å²) >= 11 is 0. The van der Waals surface area contributed by atoms with Crippen LogP contribution in [0.3, 0.4) is 0 Å². The van der Waals surface area contributed by atoms with Crippen LogP contribution in [0.1, 0.15) is 26.7 Å². The van der Waals surface area contributed by atoms with E-state index in [4.69, 9.17) is 5.11 Å². The van der Waals surface area contributed by atoms with Gasteiger partial charge in [-0.15, -0.1) is 0 Å². The summed E-state index contributed by atoms with van der Waals surface area (Å²) in [6, 6.07) is -0.757. The number of carbonyl (C=O) groups excluding carboxylic acids is 2. The van der Waals surface area contributed by atoms with Crippen LogP contribution >= 0.6 is 0 Å². The number of carboxylic acid groups (broad SMARTS) is 1. The Bertz CT molecular complexity index is 354. The van der Waals surface area contributed by atoms with E-state index in [0.717, 1.165) is 0 Å². The van der Waals surface area contributed by atoms with Gasteiger partial charge in [0.15, 0.2) is 0 Å². The second-order valence-electron chi connectivity index (χ2n) is 4.88. The number of methoxy groups -OCH3 is 1. The maximum absolute atomic E-state index is 12.0. The number of aliphatic carboxylic acids is 1. The van der Waals surface area contributed by atoms with E-state index in [0.29, 0.717) is 12.8 Å². The largest absolute Gasteiger partial charge is 0.481 e. The Kier molecular flexibility index (Phi) is 4.69. The van der Waals surface area contributed by atoms with Crippen molar-refractivity contribution < 1.29 is 24.2 Å². The van der Waals surface area contributed by atoms with Gasteiger partial charge in [-0.05, 0) is 25.7 Å². The molecule has 0 saturated heterocycles. The van der Waals surface area contributed by atoms with Gasteiger partial charge >= 0.3 is 11.9 Å². The number of hydrogen-bond acceptors (Lipinski definition) is 4. The van der Waals surface area contributed by atoms with Crippen molar-refractivity contribution in [2.75, 3.05) is 7.11 Å². The molecular weight excluding hydrogens is 238 g/mol. The molecule has 1 fully saturated rings. The highest BCUT2D eigenvalue weighted by Gasteiger charge is 2.41. The lowest BCUT2D eigenvalue weighted by Crippen LogP contribution is -2.44. The first-order valence-corrected chi connectivity index (χ1v) is 5.97. The molecule has 0 radical (unpaired) electrons. The van der Waals surface area contributed by atoms with Gasteiger partial charge in [-0.2, -0.15) is 0 Å². The summed E-state index contributed by atoms with van der Waals surface area (Å²) in [6.45, 7) is 3.44. The fourth-order valence-electron chi connectivity index (χ4n) is 2.41. The van der Waals surface area contributed by atoms with Crippen molar-refractivity contribution >= 4 is 17.8 Å². The number of carbonyl (C=O) groups is 3. The molecule has 1 rings (SSSR count). The van der Waals surface area contributed by atoms with E-state index in [1.54, 1.807) is 0 Å². The highest BCUT2D eigenvalue weighted by Crippen LogP contribution is 2.36. The first-order valence-electron chi connectivity index (χ1n) is 5.97. The van der Waals surface area contributed by atoms with Gasteiger partial charge in [-0.25, -0.2) is 4.79 Å². The van der Waals surface area contributed by atoms with E-state index >= 15 is 0 Å². The molecule has 0 spiro atoms. The minimum atomic E-state index is -0.953. The number of esters is 1. The Morgan fingerprint density at radius 1 is 1.28 bits per heavy atom. The lowest BCUT2D eigenvalue weighted by atomic mass is 9.95. The quantitative estimate of drug-likeness (QED) is 0.712. The van der Waals surface area contributed by atoms with Crippen LogP contribution in [-0.4, -0.2) is 36.1 Å². The minimum absolute atomic E-state index is 0.204. The summed E-state index contributed by atoms with van der Waals surface area (Å²) in [6.07, 6.45) is 1.04. The van der Waals surface area contributed by atoms with Crippen LogP contribution in [0.4, 0.5) is 0 Å². The third-order valence-electron chi connectivity index (χ3n) is 3.37. The minimum Gasteiger partial charge on any atom is -0.481 e. The SMILES string of the molecule is COC(=O)[C@H](C)NC(=O)[C@H]1CC(C)C[C@H]1C(=O)O. The molecule has 0 aromatic carbocycles. The zero-order valence-electron chi connectivity index (χ0n) is 10.8. The predicted octanol–water partition coefficient (Wildman–Crippen LogP) is 0.411. The molecule has 1 aliphatic rings. The molecule has 0 bridgehead atoms. The van der Waals surface area contributed by atoms with Crippen molar-refractivity contribution in [1.29, 1.82) is 0 Å². The Labute approximate surface area is 106 Å². The average molecular weight is 257 g/mol. The van der Waals surface area contributed by atoms with E-state index in [2.05, 4.69) is 10.1 Å². The van der Waals surface area contributed by atoms with Crippen LogP contribution in [0.25, 0.3) is 0 Å². The second-order valence-corrected chi connectivity index (χ2v) is 4.88. The van der Waals surface area contributed by atoms with Crippen molar-refractivity contribution in [2.45, 2.75) is 32.7 Å². The molecule has 2 N–H and O–H groups in total. The van der Waals surface area contributed by atoms with Gasteiger partial charge < -0.3 is 15.2 Å². The van der Waals surface area contributed by atoms with Crippen molar-refractivity contribution in [1.82, 2.24) is 5.32 Å². The molecule has 1 aliphatic carbocycles. The van der Waals surface area contributed by atoms with E-state index in [1.807, 2.05) is 6.92 Å². The maximum Gasteiger partial charge on any atom is 0.328 e. The van der Waals surface area contributed by atoms with Gasteiger partial charge in [0, 0.05) is 0 Å². The highest BCUT2D eigenvalue weighted by molar-refractivity contribution is 5.88. The number of ether oxygens (including phenoxy) is 1. The van der Waals surface area contributed by atoms with Gasteiger partial charge in [0.2, 0.25) is 5.91 Å². The van der Waals surface area contributed by atoms with Gasteiger partial charge in [0.25, 0.3) is 0 Å². The molecule has 102 valence electrons. The average Bonchev–Trinajstić information content (AvgIpc) is 2.70. The highest BCUT2D eigenvalue weighted by atomic mass is 16.5. The molecule has 0 aromatic heterocycles. The van der Waals surface area contributed by atoms with Crippen LogP contribution in [0.5, 0.6) is 0 Å². The molecule has 1 unspecified atom stereocenters. The van der Waals surface area contributed by atoms with Gasteiger partial charge in [-0.3, -0.25) is 9.59 Å². The smallest absolute Gasteiger partial charge is 0.328 e. The van der Waals surface area contributed by atoms with Crippen LogP contribution < -0.4 is 5.32 Å². The summed E-state index contributed by atoms with van der Waals surface area (Å²) in [5, 5.41) is 11.6. The second kappa shape index (κ2) is 5.84. The summed E-state index contributed by atoms with van der Waals surface area (Å²) in [5.41, 5.74) is 0. The molecule has 4 atom stereocenters. The number of rotatable bonds is 4. The van der Waals surface area contributed by atoms with Crippen LogP contribution in [0.2, 0.25) is 0 Å². The number of amides is 1. The monoisotopic (exact) mass is 257 g/mol. The summed E-state index contributed by atoms with van der Waals surface area (Å²) in [4.78, 5) is 34.2. The molecule has 1 amide bonds. The Morgan fingerprint density at radius 3 is 2.33 bits per heavy atom. The Balaban J connectivity index is 2.65. The summed E-state index contributed by atoms with van der Waals surface area (Å²) in [5.74, 6) is -2.90. The number of nitrogens with one attached hydrogen (secondary N) is 1. The van der Waals surface area contributed by atoms with Gasteiger partial charge in [-0.1, -0.05) is 6.92 Å². The lowest BCUT2D eigenvalue weighted by Gasteiger charge is -2.18. The first kappa shape index (κ1) is 14.5. The lowest BCUT2D eigenvalue weighted by molar-refractivity contribution is -0.147. The van der Waals surface area contributed by atoms with E-state index in [-0.39, 0.29) is 11.8 Å². The number of carboxylic acids is 1. The van der Waals surface area contributed by atoms with Crippen LogP contribution in [0, 0.1) is 17.8 Å². The fraction of sp³-hybridized carbons (Fsp3) is 0.750. The molecular formula is C12H19NO5. The molecule has 0 aliphatic heterocycles. The van der Waals surface area contributed by atoms with E-state index < -0.39 is 29.8 Å². The van der Waals surface area contributed by atoms with Crippen LogP contribution in [-0.2, 0) is 19.1 Å². The fourth-order valence-corrected chi connectivity index (χ4v) is 2.41. The molecule has 6 nitrogen and oxygen atoms in total. The molecule has 0 aromatic rings. The molecule has 18 heavy (non-hydrogen) atoms. The first-order chi connectivity index (χ1) is 8.36. The maximum atomic E-state index is 12.0. The van der Waals surface area contributed by atoms with Crippen molar-refractivity contribution in [2.24, 2.45) is 17.8 Å². The zero-order chi connectivity index (χ0) is 13.9. The van der Waals surface area contributed by atoms with Crippen molar-refractivity contribution in [3.05, 3.63) is 0 Å². The van der Waals surface area contributed by atoms with E-state index in [9.17, 15) is 14.4 Å². The number of hydrogen-bond donors (Lipinski definition) is 2. The zero-order valence-corrected chi connectivity index (χ0v) is 10.8. The topological polar surface area (TPSA) is 92.7 Å². The van der Waals surface area contributed by atoms with Crippen LogP contribution in [0.15, 0.2) is 0 Å². The Hall–Kier alpha value is -1.59. The van der Waals surface area contributed by atoms with Gasteiger partial charge in [0.1, 0.15) is 6.04 Å².